The zero-order chi connectivity index (χ0) is 23.9. The Bertz CT molecular complexity index is 1130. The van der Waals surface area contributed by atoms with Crippen molar-refractivity contribution >= 4 is 33.0 Å². The molecule has 1 saturated carbocycles. The number of sulfone groups is 1. The van der Waals surface area contributed by atoms with Gasteiger partial charge in [-0.15, -0.1) is 11.3 Å². The molecule has 0 aliphatic heterocycles. The number of thiophene rings is 1. The van der Waals surface area contributed by atoms with Gasteiger partial charge in [-0.1, -0.05) is 6.92 Å². The van der Waals surface area contributed by atoms with Crippen molar-refractivity contribution < 1.29 is 39.9 Å². The molecule has 1 aliphatic rings. The van der Waals surface area contributed by atoms with Crippen molar-refractivity contribution in [2.45, 2.75) is 49.2 Å². The fourth-order valence-corrected chi connectivity index (χ4v) is 4.98. The van der Waals surface area contributed by atoms with Crippen LogP contribution in [0.3, 0.4) is 0 Å². The van der Waals surface area contributed by atoms with Gasteiger partial charge in [-0.25, -0.2) is 18.2 Å². The molecule has 1 N–H and O–H groups in total. The summed E-state index contributed by atoms with van der Waals surface area (Å²) in [5.74, 6) is -6.36. The van der Waals surface area contributed by atoms with Gasteiger partial charge < -0.3 is 10.1 Å². The summed E-state index contributed by atoms with van der Waals surface area (Å²) in [6.07, 6.45) is -4.07. The van der Waals surface area contributed by atoms with Crippen LogP contribution in [0.1, 0.15) is 51.5 Å². The Morgan fingerprint density at radius 1 is 1.25 bits per heavy atom. The average molecular weight is 498 g/mol. The molecule has 0 amide bonds. The minimum Gasteiger partial charge on any atom is -0.465 e. The minimum absolute atomic E-state index is 0.0513. The van der Waals surface area contributed by atoms with E-state index in [4.69, 9.17) is 0 Å². The van der Waals surface area contributed by atoms with E-state index < -0.39 is 44.9 Å². The highest BCUT2D eigenvalue weighted by Gasteiger charge is 2.60. The number of anilines is 1. The fourth-order valence-electron chi connectivity index (χ4n) is 2.90. The van der Waals surface area contributed by atoms with Gasteiger partial charge in [-0.3, -0.25) is 0 Å². The van der Waals surface area contributed by atoms with Gasteiger partial charge in [0.15, 0.2) is 9.84 Å². The molecule has 0 aromatic carbocycles. The maximum Gasteiger partial charge on any atom is 0.458 e. The highest BCUT2D eigenvalue weighted by atomic mass is 32.2. The van der Waals surface area contributed by atoms with E-state index in [1.807, 2.05) is 0 Å². The van der Waals surface area contributed by atoms with E-state index in [0.717, 1.165) is 20.0 Å². The minimum atomic E-state index is -5.85. The molecule has 1 aliphatic carbocycles. The van der Waals surface area contributed by atoms with E-state index in [1.165, 1.54) is 13.0 Å². The number of esters is 1. The van der Waals surface area contributed by atoms with Crippen LogP contribution in [0.4, 0.5) is 27.8 Å². The summed E-state index contributed by atoms with van der Waals surface area (Å²) in [4.78, 5) is 14.6. The Labute approximate surface area is 184 Å². The van der Waals surface area contributed by atoms with Gasteiger partial charge in [-0.2, -0.15) is 22.0 Å². The molecule has 0 bridgehead atoms. The van der Waals surface area contributed by atoms with E-state index in [2.05, 4.69) is 15.0 Å². The van der Waals surface area contributed by atoms with Crippen LogP contribution in [0.15, 0.2) is 23.1 Å². The number of carbonyl (C=O) groups excluding carboxylic acids is 1. The van der Waals surface area contributed by atoms with Crippen LogP contribution in [-0.2, 0) is 27.0 Å². The topological polar surface area (TPSA) is 85.4 Å². The SMILES string of the molecule is CCS(=O)(=O)c1ccc(C2CC2)nc1NCc1sc(C(F)(F)C(F)(F)F)cc1C(=O)OC. The molecule has 13 heteroatoms. The van der Waals surface area contributed by atoms with E-state index >= 15 is 0 Å². The highest BCUT2D eigenvalue weighted by Crippen LogP contribution is 2.47. The number of rotatable bonds is 8. The fraction of sp³-hybridized carbons (Fsp3) is 0.474. The number of aromatic nitrogens is 1. The highest BCUT2D eigenvalue weighted by molar-refractivity contribution is 7.91. The van der Waals surface area contributed by atoms with Crippen molar-refractivity contribution in [3.8, 4) is 0 Å². The zero-order valence-electron chi connectivity index (χ0n) is 16.9. The first-order chi connectivity index (χ1) is 14.8. The second-order valence-electron chi connectivity index (χ2n) is 7.13. The van der Waals surface area contributed by atoms with Gasteiger partial charge in [0, 0.05) is 16.5 Å². The third kappa shape index (κ3) is 4.72. The van der Waals surface area contributed by atoms with Crippen LogP contribution in [0.5, 0.6) is 0 Å². The standard InChI is InChI=1S/C19H19F5N2O4S2/c1-3-32(28,29)14-7-6-12(10-4-5-10)26-16(14)25-9-13-11(17(27)30-2)8-15(31-13)18(20,21)19(22,23)24/h6-8,10H,3-5,9H2,1-2H3,(H,25,26). The lowest BCUT2D eigenvalue weighted by atomic mass is 10.2. The van der Waals surface area contributed by atoms with E-state index in [9.17, 15) is 35.2 Å². The summed E-state index contributed by atoms with van der Waals surface area (Å²) in [6.45, 7) is 1.03. The van der Waals surface area contributed by atoms with Crippen molar-refractivity contribution in [3.63, 3.8) is 0 Å². The molecule has 0 atom stereocenters. The smallest absolute Gasteiger partial charge is 0.458 e. The first-order valence-corrected chi connectivity index (χ1v) is 11.9. The molecule has 32 heavy (non-hydrogen) atoms. The number of hydrogen-bond donors (Lipinski definition) is 1. The summed E-state index contributed by atoms with van der Waals surface area (Å²) in [7, 11) is -2.74. The first-order valence-electron chi connectivity index (χ1n) is 9.45. The number of nitrogens with one attached hydrogen (secondary N) is 1. The van der Waals surface area contributed by atoms with Crippen LogP contribution in [0.2, 0.25) is 0 Å². The van der Waals surface area contributed by atoms with E-state index in [0.29, 0.717) is 11.8 Å². The van der Waals surface area contributed by atoms with Crippen molar-refractivity contribution in [2.75, 3.05) is 18.2 Å². The van der Waals surface area contributed by atoms with Gasteiger partial charge in [0.25, 0.3) is 0 Å². The number of methoxy groups -OCH3 is 1. The van der Waals surface area contributed by atoms with Crippen LogP contribution < -0.4 is 5.32 Å². The summed E-state index contributed by atoms with van der Waals surface area (Å²) in [5.41, 5.74) is 0.174. The summed E-state index contributed by atoms with van der Waals surface area (Å²) in [6, 6.07) is 3.43. The van der Waals surface area contributed by atoms with Gasteiger partial charge in [0.2, 0.25) is 0 Å². The Kier molecular flexibility index (Phi) is 6.53. The number of hydrogen-bond acceptors (Lipinski definition) is 7. The molecule has 2 aromatic heterocycles. The summed E-state index contributed by atoms with van der Waals surface area (Å²) in [5, 5.41) is 2.70. The Morgan fingerprint density at radius 3 is 2.44 bits per heavy atom. The molecular weight excluding hydrogens is 479 g/mol. The van der Waals surface area contributed by atoms with Crippen molar-refractivity contribution in [1.82, 2.24) is 4.98 Å². The number of alkyl halides is 5. The molecule has 2 aromatic rings. The molecule has 3 rings (SSSR count). The Balaban J connectivity index is 1.99. The van der Waals surface area contributed by atoms with E-state index in [-0.39, 0.29) is 38.6 Å². The number of nitrogens with zero attached hydrogens (tertiary/aromatic N) is 1. The molecule has 0 radical (unpaired) electrons. The molecule has 1 fully saturated rings. The predicted molar refractivity (Wildman–Crippen MR) is 107 cm³/mol. The monoisotopic (exact) mass is 498 g/mol. The number of ether oxygens (including phenoxy) is 1. The Hall–Kier alpha value is -2.28. The van der Waals surface area contributed by atoms with Crippen LogP contribution in [0, 0.1) is 0 Å². The molecule has 0 unspecified atom stereocenters. The van der Waals surface area contributed by atoms with Gasteiger partial charge >= 0.3 is 18.1 Å². The second-order valence-corrected chi connectivity index (χ2v) is 10.5. The first kappa shape index (κ1) is 24.4. The second kappa shape index (κ2) is 8.58. The summed E-state index contributed by atoms with van der Waals surface area (Å²) < 4.78 is 95.4. The maximum atomic E-state index is 13.8. The van der Waals surface area contributed by atoms with Crippen molar-refractivity contribution in [2.24, 2.45) is 0 Å². The normalized spacial score (nSPS) is 15.0. The molecular formula is C19H19F5N2O4S2. The molecule has 0 spiro atoms. The van der Waals surface area contributed by atoms with Gasteiger partial charge in [-0.05, 0) is 31.0 Å². The average Bonchev–Trinajstić information content (AvgIpc) is 3.49. The lowest BCUT2D eigenvalue weighted by Gasteiger charge is -2.17. The van der Waals surface area contributed by atoms with Crippen LogP contribution in [0.25, 0.3) is 0 Å². The number of halogens is 5. The number of pyridine rings is 1. The van der Waals surface area contributed by atoms with Crippen molar-refractivity contribution in [1.29, 1.82) is 0 Å². The summed E-state index contributed by atoms with van der Waals surface area (Å²) >= 11 is 0.0877. The Morgan fingerprint density at radius 2 is 1.91 bits per heavy atom. The quantitative estimate of drug-likeness (QED) is 0.413. The van der Waals surface area contributed by atoms with Gasteiger partial charge in [0.1, 0.15) is 10.7 Å². The van der Waals surface area contributed by atoms with E-state index in [1.54, 1.807) is 6.07 Å². The zero-order valence-corrected chi connectivity index (χ0v) is 18.6. The molecule has 6 nitrogen and oxygen atoms in total. The van der Waals surface area contributed by atoms with Crippen LogP contribution >= 0.6 is 11.3 Å². The lowest BCUT2D eigenvalue weighted by molar-refractivity contribution is -0.287. The van der Waals surface area contributed by atoms with Crippen molar-refractivity contribution in [3.05, 3.63) is 39.2 Å². The molecule has 176 valence electrons. The molecule has 2 heterocycles. The number of carbonyl (C=O) groups is 1. The largest absolute Gasteiger partial charge is 0.465 e. The predicted octanol–water partition coefficient (Wildman–Crippen LogP) is 4.87. The van der Waals surface area contributed by atoms with Crippen LogP contribution in [-0.4, -0.2) is 38.4 Å². The third-order valence-electron chi connectivity index (χ3n) is 4.89. The maximum absolute atomic E-state index is 13.8. The van der Waals surface area contributed by atoms with Gasteiger partial charge in [0.05, 0.1) is 29.8 Å². The molecule has 0 saturated heterocycles. The third-order valence-corrected chi connectivity index (χ3v) is 7.85. The lowest BCUT2D eigenvalue weighted by Crippen LogP contribution is -2.32.